The molecule has 0 aliphatic heterocycles. The number of halogens is 1. The number of rotatable bonds is 12. The predicted molar refractivity (Wildman–Crippen MR) is 156 cm³/mol. The maximum Gasteiger partial charge on any atom is 0.264 e. The summed E-state index contributed by atoms with van der Waals surface area (Å²) in [5.41, 5.74) is 3.00. The summed E-state index contributed by atoms with van der Waals surface area (Å²) >= 11 is 6.18. The SMILES string of the molecule is CCCCNC(=O)C(C)N(Cc1cccc(Cl)c1)C(=O)CN(c1ccc(C)c(C)c1)S(=O)(=O)c1ccccc1. The van der Waals surface area contributed by atoms with Gasteiger partial charge in [0.05, 0.1) is 10.6 Å². The summed E-state index contributed by atoms with van der Waals surface area (Å²) in [5.74, 6) is -0.812. The molecule has 0 bridgehead atoms. The second kappa shape index (κ2) is 13.6. The largest absolute Gasteiger partial charge is 0.354 e. The quantitative estimate of drug-likeness (QED) is 0.292. The third kappa shape index (κ3) is 7.83. The molecule has 0 saturated carbocycles. The van der Waals surface area contributed by atoms with Gasteiger partial charge in [-0.1, -0.05) is 61.3 Å². The molecule has 0 fully saturated rings. The highest BCUT2D eigenvalue weighted by molar-refractivity contribution is 7.92. The minimum atomic E-state index is -4.09. The molecule has 3 rings (SSSR count). The van der Waals surface area contributed by atoms with Gasteiger partial charge in [-0.2, -0.15) is 0 Å². The lowest BCUT2D eigenvalue weighted by molar-refractivity contribution is -0.139. The highest BCUT2D eigenvalue weighted by Crippen LogP contribution is 2.26. The van der Waals surface area contributed by atoms with Crippen LogP contribution in [0.4, 0.5) is 5.69 Å². The van der Waals surface area contributed by atoms with Crippen LogP contribution in [0.3, 0.4) is 0 Å². The van der Waals surface area contributed by atoms with Gasteiger partial charge in [0.2, 0.25) is 11.8 Å². The fourth-order valence-corrected chi connectivity index (χ4v) is 5.72. The van der Waals surface area contributed by atoms with Crippen LogP contribution in [-0.4, -0.2) is 44.3 Å². The Morgan fingerprint density at radius 3 is 2.31 bits per heavy atom. The van der Waals surface area contributed by atoms with Crippen LogP contribution in [0.5, 0.6) is 0 Å². The average Bonchev–Trinajstić information content (AvgIpc) is 2.92. The summed E-state index contributed by atoms with van der Waals surface area (Å²) < 4.78 is 28.8. The average molecular weight is 570 g/mol. The highest BCUT2D eigenvalue weighted by Gasteiger charge is 2.32. The summed E-state index contributed by atoms with van der Waals surface area (Å²) in [7, 11) is -4.09. The van der Waals surface area contributed by atoms with Crippen LogP contribution in [0, 0.1) is 13.8 Å². The number of nitrogens with zero attached hydrogens (tertiary/aromatic N) is 2. The van der Waals surface area contributed by atoms with E-state index in [0.29, 0.717) is 17.3 Å². The van der Waals surface area contributed by atoms with Gasteiger partial charge in [-0.15, -0.1) is 0 Å². The molecule has 3 aromatic carbocycles. The van der Waals surface area contributed by atoms with Crippen molar-refractivity contribution in [3.05, 3.63) is 94.5 Å². The van der Waals surface area contributed by atoms with Gasteiger partial charge in [0.15, 0.2) is 0 Å². The first-order valence-corrected chi connectivity index (χ1v) is 14.8. The molecular weight excluding hydrogens is 534 g/mol. The summed E-state index contributed by atoms with van der Waals surface area (Å²) in [6, 6.07) is 19.5. The fraction of sp³-hybridized carbons (Fsp3) is 0.333. The molecule has 7 nitrogen and oxygen atoms in total. The monoisotopic (exact) mass is 569 g/mol. The number of carbonyl (C=O) groups excluding carboxylic acids is 2. The second-order valence-electron chi connectivity index (χ2n) is 9.57. The molecule has 0 spiro atoms. The van der Waals surface area contributed by atoms with Crippen molar-refractivity contribution in [2.45, 2.75) is 58.0 Å². The Morgan fingerprint density at radius 2 is 1.67 bits per heavy atom. The van der Waals surface area contributed by atoms with Crippen molar-refractivity contribution in [1.82, 2.24) is 10.2 Å². The van der Waals surface area contributed by atoms with Crippen LogP contribution >= 0.6 is 11.6 Å². The highest BCUT2D eigenvalue weighted by atomic mass is 35.5. The Bertz CT molecular complexity index is 1400. The van der Waals surface area contributed by atoms with Crippen LogP contribution in [0.1, 0.15) is 43.4 Å². The molecule has 3 aromatic rings. The second-order valence-corrected chi connectivity index (χ2v) is 11.9. The van der Waals surface area contributed by atoms with E-state index in [1.165, 1.54) is 17.0 Å². The van der Waals surface area contributed by atoms with Gasteiger partial charge in [0.25, 0.3) is 10.0 Å². The number of unbranched alkanes of at least 4 members (excludes halogenated alkanes) is 1. The Balaban J connectivity index is 2.01. The molecule has 0 aliphatic carbocycles. The van der Waals surface area contributed by atoms with Crippen LogP contribution in [0.25, 0.3) is 0 Å². The molecule has 0 radical (unpaired) electrons. The first-order chi connectivity index (χ1) is 18.5. The van der Waals surface area contributed by atoms with Crippen molar-refractivity contribution >= 4 is 39.1 Å². The maximum absolute atomic E-state index is 13.9. The molecular formula is C30H36ClN3O4S. The van der Waals surface area contributed by atoms with E-state index in [1.54, 1.807) is 55.5 Å². The van der Waals surface area contributed by atoms with E-state index in [-0.39, 0.29) is 17.3 Å². The zero-order valence-corrected chi connectivity index (χ0v) is 24.4. The lowest BCUT2D eigenvalue weighted by Gasteiger charge is -2.32. The van der Waals surface area contributed by atoms with Crippen LogP contribution in [0.2, 0.25) is 5.02 Å². The Labute approximate surface area is 236 Å². The summed E-state index contributed by atoms with van der Waals surface area (Å²) in [5, 5.41) is 3.38. The zero-order valence-electron chi connectivity index (χ0n) is 22.9. The summed E-state index contributed by atoms with van der Waals surface area (Å²) in [4.78, 5) is 28.4. The number of nitrogens with one attached hydrogen (secondary N) is 1. The van der Waals surface area contributed by atoms with Crippen LogP contribution < -0.4 is 9.62 Å². The van der Waals surface area contributed by atoms with Gasteiger partial charge in [-0.25, -0.2) is 8.42 Å². The normalized spacial score (nSPS) is 12.0. The van der Waals surface area contributed by atoms with Gasteiger partial charge in [-0.05, 0) is 80.3 Å². The van der Waals surface area contributed by atoms with E-state index in [0.717, 1.165) is 33.8 Å². The number of hydrogen-bond acceptors (Lipinski definition) is 4. The molecule has 9 heteroatoms. The molecule has 39 heavy (non-hydrogen) atoms. The van der Waals surface area contributed by atoms with E-state index >= 15 is 0 Å². The number of hydrogen-bond donors (Lipinski definition) is 1. The molecule has 1 atom stereocenters. The molecule has 1 unspecified atom stereocenters. The number of sulfonamides is 1. The third-order valence-corrected chi connectivity index (χ3v) is 8.65. The smallest absolute Gasteiger partial charge is 0.264 e. The Hall–Kier alpha value is -3.36. The number of amides is 2. The molecule has 0 saturated heterocycles. The first-order valence-electron chi connectivity index (χ1n) is 13.0. The minimum absolute atomic E-state index is 0.0720. The third-order valence-electron chi connectivity index (χ3n) is 6.63. The fourth-order valence-electron chi connectivity index (χ4n) is 4.08. The molecule has 2 amide bonds. The van der Waals surface area contributed by atoms with Crippen molar-refractivity contribution < 1.29 is 18.0 Å². The number of carbonyl (C=O) groups is 2. The summed E-state index contributed by atoms with van der Waals surface area (Å²) in [6.45, 7) is 7.61. The Morgan fingerprint density at radius 1 is 0.949 bits per heavy atom. The van der Waals surface area contributed by atoms with Gasteiger partial charge in [0, 0.05) is 18.1 Å². The molecule has 0 heterocycles. The minimum Gasteiger partial charge on any atom is -0.354 e. The van der Waals surface area contributed by atoms with E-state index in [1.807, 2.05) is 32.9 Å². The summed E-state index contributed by atoms with van der Waals surface area (Å²) in [6.07, 6.45) is 1.73. The standard InChI is InChI=1S/C30H36ClN3O4S/c1-5-6-17-32-30(36)24(4)33(20-25-11-10-12-26(31)19-25)29(35)21-34(27-16-15-22(2)23(3)18-27)39(37,38)28-13-8-7-9-14-28/h7-16,18-19,24H,5-6,17,20-21H2,1-4H3,(H,32,36). The lowest BCUT2D eigenvalue weighted by atomic mass is 10.1. The van der Waals surface area contributed by atoms with E-state index in [2.05, 4.69) is 5.32 Å². The first kappa shape index (κ1) is 30.2. The molecule has 1 N–H and O–H groups in total. The van der Waals surface area contributed by atoms with Crippen molar-refractivity contribution in [2.24, 2.45) is 0 Å². The molecule has 0 aromatic heterocycles. The lowest BCUT2D eigenvalue weighted by Crippen LogP contribution is -2.51. The molecule has 0 aliphatic rings. The predicted octanol–water partition coefficient (Wildman–Crippen LogP) is 5.49. The van der Waals surface area contributed by atoms with Crippen molar-refractivity contribution in [3.63, 3.8) is 0 Å². The van der Waals surface area contributed by atoms with Crippen molar-refractivity contribution in [1.29, 1.82) is 0 Å². The zero-order chi connectivity index (χ0) is 28.6. The number of aryl methyl sites for hydroxylation is 2. The van der Waals surface area contributed by atoms with Crippen molar-refractivity contribution in [3.8, 4) is 0 Å². The van der Waals surface area contributed by atoms with E-state index in [9.17, 15) is 18.0 Å². The topological polar surface area (TPSA) is 86.8 Å². The van der Waals surface area contributed by atoms with Gasteiger partial charge in [-0.3, -0.25) is 13.9 Å². The van der Waals surface area contributed by atoms with Gasteiger partial charge in [0.1, 0.15) is 12.6 Å². The number of benzene rings is 3. The molecule has 208 valence electrons. The van der Waals surface area contributed by atoms with E-state index in [4.69, 9.17) is 11.6 Å². The van der Waals surface area contributed by atoms with Crippen LogP contribution in [0.15, 0.2) is 77.7 Å². The van der Waals surface area contributed by atoms with Crippen molar-refractivity contribution in [2.75, 3.05) is 17.4 Å². The Kier molecular flexibility index (Phi) is 10.5. The van der Waals surface area contributed by atoms with Gasteiger partial charge >= 0.3 is 0 Å². The number of anilines is 1. The maximum atomic E-state index is 13.9. The van der Waals surface area contributed by atoms with Crippen LogP contribution in [-0.2, 0) is 26.2 Å². The van der Waals surface area contributed by atoms with Gasteiger partial charge < -0.3 is 10.2 Å². The van der Waals surface area contributed by atoms with E-state index < -0.39 is 28.5 Å².